The largest absolute Gasteiger partial charge is 0.486 e. The molecule has 7 heteroatoms. The quantitative estimate of drug-likeness (QED) is 0.768. The van der Waals surface area contributed by atoms with Crippen LogP contribution >= 0.6 is 0 Å². The van der Waals surface area contributed by atoms with Crippen molar-refractivity contribution in [2.75, 3.05) is 18.5 Å². The van der Waals surface area contributed by atoms with Gasteiger partial charge in [-0.2, -0.15) is 0 Å². The average Bonchev–Trinajstić information content (AvgIpc) is 2.90. The zero-order valence-corrected chi connectivity index (χ0v) is 12.7. The summed E-state index contributed by atoms with van der Waals surface area (Å²) in [6.07, 6.45) is 0. The van der Waals surface area contributed by atoms with Crippen LogP contribution in [0.4, 0.5) is 5.69 Å². The van der Waals surface area contributed by atoms with Crippen LogP contribution in [0.5, 0.6) is 11.5 Å². The van der Waals surface area contributed by atoms with E-state index in [0.29, 0.717) is 41.4 Å². The number of carbonyl (C=O) groups excluding carboxylic acids is 1. The number of nitrogens with one attached hydrogen (secondary N) is 2. The minimum atomic E-state index is -0.312. The lowest BCUT2D eigenvalue weighted by atomic mass is 10.2. The van der Waals surface area contributed by atoms with E-state index < -0.39 is 0 Å². The van der Waals surface area contributed by atoms with Crippen molar-refractivity contribution in [1.82, 2.24) is 9.55 Å². The average molecular weight is 325 g/mol. The lowest BCUT2D eigenvalue weighted by Crippen LogP contribution is -2.26. The van der Waals surface area contributed by atoms with Crippen LogP contribution in [0.3, 0.4) is 0 Å². The van der Waals surface area contributed by atoms with Gasteiger partial charge in [-0.1, -0.05) is 12.1 Å². The molecule has 2 heterocycles. The normalized spacial score (nSPS) is 13.0. The molecule has 1 aromatic heterocycles. The highest BCUT2D eigenvalue weighted by atomic mass is 16.6. The number of aromatic nitrogens is 2. The zero-order chi connectivity index (χ0) is 16.5. The molecular weight excluding hydrogens is 310 g/mol. The van der Waals surface area contributed by atoms with Crippen molar-refractivity contribution >= 4 is 22.6 Å². The van der Waals surface area contributed by atoms with E-state index in [4.69, 9.17) is 9.47 Å². The third-order valence-corrected chi connectivity index (χ3v) is 3.81. The van der Waals surface area contributed by atoms with Crippen molar-refractivity contribution < 1.29 is 14.3 Å². The highest BCUT2D eigenvalue weighted by molar-refractivity contribution is 5.92. The van der Waals surface area contributed by atoms with Crippen LogP contribution < -0.4 is 20.5 Å². The van der Waals surface area contributed by atoms with E-state index >= 15 is 0 Å². The maximum atomic E-state index is 12.3. The second kappa shape index (κ2) is 5.77. The van der Waals surface area contributed by atoms with Gasteiger partial charge in [-0.15, -0.1) is 0 Å². The molecule has 1 aliphatic rings. The molecule has 0 bridgehead atoms. The molecule has 0 saturated carbocycles. The predicted molar refractivity (Wildman–Crippen MR) is 88.6 cm³/mol. The van der Waals surface area contributed by atoms with E-state index in [-0.39, 0.29) is 18.1 Å². The molecule has 24 heavy (non-hydrogen) atoms. The van der Waals surface area contributed by atoms with Crippen LogP contribution in [-0.2, 0) is 11.3 Å². The number of para-hydroxylation sites is 2. The van der Waals surface area contributed by atoms with Crippen LogP contribution in [0.25, 0.3) is 11.0 Å². The highest BCUT2D eigenvalue weighted by Gasteiger charge is 2.14. The third kappa shape index (κ3) is 2.60. The molecule has 3 aromatic rings. The van der Waals surface area contributed by atoms with Gasteiger partial charge in [0.25, 0.3) is 0 Å². The molecule has 4 rings (SSSR count). The Balaban J connectivity index is 1.54. The molecule has 0 fully saturated rings. The van der Waals surface area contributed by atoms with Crippen LogP contribution in [0.1, 0.15) is 0 Å². The Bertz CT molecular complexity index is 973. The molecule has 1 aliphatic heterocycles. The van der Waals surface area contributed by atoms with Gasteiger partial charge in [0.2, 0.25) is 5.91 Å². The number of H-pyrrole nitrogens is 1. The van der Waals surface area contributed by atoms with Crippen molar-refractivity contribution in [2.45, 2.75) is 6.54 Å². The predicted octanol–water partition coefficient (Wildman–Crippen LogP) is 1.74. The Morgan fingerprint density at radius 1 is 1.12 bits per heavy atom. The molecule has 2 N–H and O–H groups in total. The van der Waals surface area contributed by atoms with Gasteiger partial charge in [-0.25, -0.2) is 4.79 Å². The van der Waals surface area contributed by atoms with Crippen LogP contribution in [0.2, 0.25) is 0 Å². The molecule has 0 unspecified atom stereocenters. The van der Waals surface area contributed by atoms with Crippen molar-refractivity contribution in [1.29, 1.82) is 0 Å². The molecule has 0 saturated heterocycles. The van der Waals surface area contributed by atoms with E-state index in [1.54, 1.807) is 30.3 Å². The van der Waals surface area contributed by atoms with Crippen LogP contribution in [-0.4, -0.2) is 28.7 Å². The monoisotopic (exact) mass is 325 g/mol. The number of hydrogen-bond acceptors (Lipinski definition) is 4. The standard InChI is InChI=1S/C17H15N3O4/c21-16(10-20-13-4-2-1-3-12(13)19-17(20)22)18-11-5-6-14-15(9-11)24-8-7-23-14/h1-6,9H,7-8,10H2,(H,18,21)(H,19,22). The summed E-state index contributed by atoms with van der Waals surface area (Å²) in [5, 5.41) is 2.77. The number of aromatic amines is 1. The zero-order valence-electron chi connectivity index (χ0n) is 12.7. The molecule has 0 atom stereocenters. The molecular formula is C17H15N3O4. The van der Waals surface area contributed by atoms with E-state index in [1.807, 2.05) is 12.1 Å². The number of rotatable bonds is 3. The second-order valence-electron chi connectivity index (χ2n) is 5.44. The number of fused-ring (bicyclic) bond motifs is 2. The Labute approximate surface area is 136 Å². The Morgan fingerprint density at radius 3 is 2.79 bits per heavy atom. The SMILES string of the molecule is O=C(Cn1c(=O)[nH]c2ccccc21)Nc1ccc2c(c1)OCCO2. The molecule has 0 aliphatic carbocycles. The number of benzene rings is 2. The van der Waals surface area contributed by atoms with Gasteiger partial charge in [0, 0.05) is 11.8 Å². The maximum absolute atomic E-state index is 12.3. The molecule has 0 spiro atoms. The smallest absolute Gasteiger partial charge is 0.326 e. The van der Waals surface area contributed by atoms with Gasteiger partial charge in [0.15, 0.2) is 11.5 Å². The number of nitrogens with zero attached hydrogens (tertiary/aromatic N) is 1. The van der Waals surface area contributed by atoms with Crippen molar-refractivity contribution in [2.24, 2.45) is 0 Å². The number of ether oxygens (including phenoxy) is 2. The van der Waals surface area contributed by atoms with Gasteiger partial charge in [-0.3, -0.25) is 9.36 Å². The van der Waals surface area contributed by atoms with Gasteiger partial charge in [-0.05, 0) is 24.3 Å². The Morgan fingerprint density at radius 2 is 1.92 bits per heavy atom. The van der Waals surface area contributed by atoms with Gasteiger partial charge >= 0.3 is 5.69 Å². The summed E-state index contributed by atoms with van der Waals surface area (Å²) in [7, 11) is 0. The summed E-state index contributed by atoms with van der Waals surface area (Å²) in [5.41, 5.74) is 1.68. The molecule has 1 amide bonds. The summed E-state index contributed by atoms with van der Waals surface area (Å²) < 4.78 is 12.3. The fraction of sp³-hybridized carbons (Fsp3) is 0.176. The van der Waals surface area contributed by atoms with Crippen LogP contribution in [0.15, 0.2) is 47.3 Å². The maximum Gasteiger partial charge on any atom is 0.326 e. The fourth-order valence-electron chi connectivity index (χ4n) is 2.73. The number of anilines is 1. The number of imidazole rings is 1. The van der Waals surface area contributed by atoms with Crippen molar-refractivity contribution in [3.63, 3.8) is 0 Å². The Kier molecular flexibility index (Phi) is 3.45. The first-order valence-corrected chi connectivity index (χ1v) is 7.58. The first kappa shape index (κ1) is 14.4. The molecule has 0 radical (unpaired) electrons. The first-order valence-electron chi connectivity index (χ1n) is 7.58. The van der Waals surface area contributed by atoms with Gasteiger partial charge < -0.3 is 19.8 Å². The lowest BCUT2D eigenvalue weighted by Gasteiger charge is -2.19. The lowest BCUT2D eigenvalue weighted by molar-refractivity contribution is -0.116. The first-order chi connectivity index (χ1) is 11.7. The summed E-state index contributed by atoms with van der Waals surface area (Å²) in [4.78, 5) is 27.0. The van der Waals surface area contributed by atoms with E-state index in [9.17, 15) is 9.59 Å². The number of amides is 1. The van der Waals surface area contributed by atoms with Gasteiger partial charge in [0.1, 0.15) is 19.8 Å². The third-order valence-electron chi connectivity index (χ3n) is 3.81. The van der Waals surface area contributed by atoms with Crippen molar-refractivity contribution in [3.05, 3.63) is 52.9 Å². The topological polar surface area (TPSA) is 85.4 Å². The second-order valence-corrected chi connectivity index (χ2v) is 5.44. The molecule has 7 nitrogen and oxygen atoms in total. The molecule has 2 aromatic carbocycles. The summed E-state index contributed by atoms with van der Waals surface area (Å²) in [5.74, 6) is 0.967. The minimum absolute atomic E-state index is 0.0721. The summed E-state index contributed by atoms with van der Waals surface area (Å²) in [6, 6.07) is 12.5. The van der Waals surface area contributed by atoms with E-state index in [1.165, 1.54) is 4.57 Å². The summed E-state index contributed by atoms with van der Waals surface area (Å²) >= 11 is 0. The fourth-order valence-corrected chi connectivity index (χ4v) is 2.73. The van der Waals surface area contributed by atoms with E-state index in [0.717, 1.165) is 0 Å². The highest BCUT2D eigenvalue weighted by Crippen LogP contribution is 2.32. The summed E-state index contributed by atoms with van der Waals surface area (Å²) in [6.45, 7) is 0.925. The number of hydrogen-bond donors (Lipinski definition) is 2. The van der Waals surface area contributed by atoms with E-state index in [2.05, 4.69) is 10.3 Å². The Hall–Kier alpha value is -3.22. The number of carbonyl (C=O) groups is 1. The molecule has 122 valence electrons. The van der Waals surface area contributed by atoms with Crippen LogP contribution in [0, 0.1) is 0 Å². The minimum Gasteiger partial charge on any atom is -0.486 e. The van der Waals surface area contributed by atoms with Gasteiger partial charge in [0.05, 0.1) is 11.0 Å². The van der Waals surface area contributed by atoms with Crippen molar-refractivity contribution in [3.8, 4) is 11.5 Å².